The molecule has 2 aromatic carbocycles. The van der Waals surface area contributed by atoms with Crippen LogP contribution in [0.15, 0.2) is 70.2 Å². The van der Waals surface area contributed by atoms with Gasteiger partial charge in [-0.25, -0.2) is 10.2 Å². The van der Waals surface area contributed by atoms with E-state index in [-0.39, 0.29) is 36.0 Å². The maximum Gasteiger partial charge on any atom is 0.343 e. The third-order valence-corrected chi connectivity index (χ3v) is 6.13. The topological polar surface area (TPSA) is 157 Å². The van der Waals surface area contributed by atoms with Gasteiger partial charge in [-0.3, -0.25) is 14.9 Å². The Morgan fingerprint density at radius 1 is 1.02 bits per heavy atom. The molecule has 0 bridgehead atoms. The lowest BCUT2D eigenvalue weighted by molar-refractivity contribution is -0.385. The lowest BCUT2D eigenvalue weighted by Crippen LogP contribution is -2.17. The molecule has 0 unspecified atom stereocenters. The molecule has 224 valence electrons. The van der Waals surface area contributed by atoms with Crippen LogP contribution in [0.2, 0.25) is 0 Å². The zero-order chi connectivity index (χ0) is 30.9. The number of benzene rings is 2. The first-order valence-corrected chi connectivity index (χ1v) is 13.1. The molecule has 13 heteroatoms. The van der Waals surface area contributed by atoms with Gasteiger partial charge in [0.25, 0.3) is 0 Å². The van der Waals surface area contributed by atoms with Crippen LogP contribution in [0, 0.1) is 24.0 Å². The van der Waals surface area contributed by atoms with E-state index >= 15 is 0 Å². The number of aromatic nitrogens is 1. The molecule has 0 saturated carbocycles. The lowest BCUT2D eigenvalue weighted by Gasteiger charge is -2.12. The van der Waals surface area contributed by atoms with E-state index in [1.54, 1.807) is 13.0 Å². The smallest absolute Gasteiger partial charge is 0.343 e. The van der Waals surface area contributed by atoms with Gasteiger partial charge in [0.2, 0.25) is 5.75 Å². The zero-order valence-corrected chi connectivity index (χ0v) is 24.0. The van der Waals surface area contributed by atoms with Gasteiger partial charge in [0.05, 0.1) is 24.9 Å². The Morgan fingerprint density at radius 3 is 2.40 bits per heavy atom. The second-order valence-corrected chi connectivity index (χ2v) is 9.12. The summed E-state index contributed by atoms with van der Waals surface area (Å²) in [4.78, 5) is 35.0. The molecule has 2 aromatic heterocycles. The summed E-state index contributed by atoms with van der Waals surface area (Å²) in [5.74, 6) is -0.501. The van der Waals surface area contributed by atoms with Gasteiger partial charge in [-0.15, -0.1) is 0 Å². The van der Waals surface area contributed by atoms with Crippen LogP contribution < -0.4 is 19.6 Å². The predicted molar refractivity (Wildman–Crippen MR) is 155 cm³/mol. The third kappa shape index (κ3) is 7.58. The number of nitro groups is 1. The summed E-state index contributed by atoms with van der Waals surface area (Å²) in [5, 5.41) is 15.5. The van der Waals surface area contributed by atoms with Gasteiger partial charge in [0.1, 0.15) is 18.1 Å². The van der Waals surface area contributed by atoms with Crippen molar-refractivity contribution < 1.29 is 37.9 Å². The molecule has 2 heterocycles. The van der Waals surface area contributed by atoms with Crippen molar-refractivity contribution in [2.75, 3.05) is 20.3 Å². The minimum absolute atomic E-state index is 0.00259. The molecule has 0 spiro atoms. The van der Waals surface area contributed by atoms with E-state index in [1.807, 2.05) is 38.1 Å². The van der Waals surface area contributed by atoms with Crippen molar-refractivity contribution in [3.8, 4) is 22.9 Å². The van der Waals surface area contributed by atoms with Crippen LogP contribution in [0.4, 0.5) is 5.69 Å². The summed E-state index contributed by atoms with van der Waals surface area (Å²) in [6.07, 6.45) is 1.20. The Hall–Kier alpha value is -5.59. The lowest BCUT2D eigenvalue weighted by atomic mass is 10.2. The number of methoxy groups -OCH3 is 1. The first-order valence-electron chi connectivity index (χ1n) is 13.1. The Morgan fingerprint density at radius 2 is 1.74 bits per heavy atom. The van der Waals surface area contributed by atoms with Gasteiger partial charge in [-0.2, -0.15) is 5.10 Å². The molecule has 0 aliphatic carbocycles. The number of carbonyl (C=O) groups excluding carboxylic acids is 2. The molecule has 0 atom stereocenters. The zero-order valence-electron chi connectivity index (χ0n) is 24.0. The van der Waals surface area contributed by atoms with E-state index in [2.05, 4.69) is 32.0 Å². The summed E-state index contributed by atoms with van der Waals surface area (Å²) in [6.45, 7) is 5.50. The number of nitrogens with one attached hydrogen (secondary N) is 1. The van der Waals surface area contributed by atoms with Crippen LogP contribution in [0.25, 0.3) is 5.69 Å². The molecule has 0 radical (unpaired) electrons. The van der Waals surface area contributed by atoms with E-state index in [0.29, 0.717) is 11.5 Å². The maximum absolute atomic E-state index is 12.5. The number of hydrogen-bond acceptors (Lipinski definition) is 10. The van der Waals surface area contributed by atoms with Crippen molar-refractivity contribution >= 4 is 23.8 Å². The third-order valence-electron chi connectivity index (χ3n) is 6.13. The number of esters is 1. The molecule has 0 saturated heterocycles. The molecule has 4 rings (SSSR count). The van der Waals surface area contributed by atoms with Gasteiger partial charge in [-0.1, -0.05) is 0 Å². The summed E-state index contributed by atoms with van der Waals surface area (Å²) in [7, 11) is 1.17. The molecular formula is C30H30N4O9. The number of rotatable bonds is 13. The molecule has 0 fully saturated rings. The number of nitrogens with zero attached hydrogens (tertiary/aromatic N) is 3. The normalized spacial score (nSPS) is 10.9. The average Bonchev–Trinajstić information content (AvgIpc) is 3.61. The monoisotopic (exact) mass is 590 g/mol. The Kier molecular flexibility index (Phi) is 9.78. The summed E-state index contributed by atoms with van der Waals surface area (Å²) >= 11 is 0. The van der Waals surface area contributed by atoms with Crippen LogP contribution in [0.3, 0.4) is 0 Å². The van der Waals surface area contributed by atoms with Crippen molar-refractivity contribution in [3.05, 3.63) is 99.2 Å². The SMILES string of the molecule is CCOc1cc(/C=N/NC(=O)c2ccc(COc3ccc(-n4c(C)ccc4C)cc3)o2)cc([N+](=O)[O-])c1OCC(=O)OC. The standard InChI is InChI=1S/C30H30N4O9/c1-5-40-27-15-21(14-25(34(37)38)29(27)42-18-28(35)39-4)16-31-32-30(36)26-13-12-24(43-26)17-41-23-10-8-22(9-11-23)33-19(2)6-7-20(33)3/h6-16H,5,17-18H2,1-4H3,(H,32,36)/b31-16+. The quantitative estimate of drug-likeness (QED) is 0.0991. The van der Waals surface area contributed by atoms with Crippen molar-refractivity contribution in [3.63, 3.8) is 0 Å². The Labute approximate surface area is 246 Å². The number of amides is 1. The van der Waals surface area contributed by atoms with Crippen molar-refractivity contribution in [1.82, 2.24) is 9.99 Å². The molecular weight excluding hydrogens is 560 g/mol. The molecule has 1 N–H and O–H groups in total. The van der Waals surface area contributed by atoms with Crippen molar-refractivity contribution in [2.24, 2.45) is 5.10 Å². The molecule has 0 aliphatic rings. The highest BCUT2D eigenvalue weighted by Crippen LogP contribution is 2.38. The Bertz CT molecular complexity index is 1620. The first-order chi connectivity index (χ1) is 20.7. The van der Waals surface area contributed by atoms with E-state index in [0.717, 1.165) is 17.1 Å². The number of aryl methyl sites for hydroxylation is 2. The fourth-order valence-corrected chi connectivity index (χ4v) is 4.14. The number of hydrogen-bond donors (Lipinski definition) is 1. The highest BCUT2D eigenvalue weighted by molar-refractivity contribution is 5.92. The van der Waals surface area contributed by atoms with Crippen LogP contribution in [-0.2, 0) is 16.1 Å². The van der Waals surface area contributed by atoms with Crippen molar-refractivity contribution in [1.29, 1.82) is 0 Å². The summed E-state index contributed by atoms with van der Waals surface area (Å²) < 4.78 is 28.8. The molecule has 13 nitrogen and oxygen atoms in total. The highest BCUT2D eigenvalue weighted by Gasteiger charge is 2.23. The number of carbonyl (C=O) groups is 2. The first kappa shape index (κ1) is 30.4. The van der Waals surface area contributed by atoms with Crippen LogP contribution >= 0.6 is 0 Å². The second-order valence-electron chi connectivity index (χ2n) is 9.12. The van der Waals surface area contributed by atoms with E-state index < -0.39 is 29.1 Å². The fourth-order valence-electron chi connectivity index (χ4n) is 4.14. The van der Waals surface area contributed by atoms with Crippen LogP contribution in [0.1, 0.15) is 40.2 Å². The number of ether oxygens (including phenoxy) is 4. The van der Waals surface area contributed by atoms with Gasteiger partial charge in [0, 0.05) is 28.7 Å². The second kappa shape index (κ2) is 13.9. The van der Waals surface area contributed by atoms with E-state index in [1.165, 1.54) is 31.5 Å². The van der Waals surface area contributed by atoms with Gasteiger partial charge in [-0.05, 0) is 75.4 Å². The Balaban J connectivity index is 1.37. The molecule has 43 heavy (non-hydrogen) atoms. The summed E-state index contributed by atoms with van der Waals surface area (Å²) in [6, 6.07) is 17.4. The molecule has 4 aromatic rings. The largest absolute Gasteiger partial charge is 0.490 e. The van der Waals surface area contributed by atoms with Crippen LogP contribution in [0.5, 0.6) is 17.2 Å². The van der Waals surface area contributed by atoms with Crippen molar-refractivity contribution in [2.45, 2.75) is 27.4 Å². The minimum Gasteiger partial charge on any atom is -0.490 e. The fraction of sp³-hybridized carbons (Fsp3) is 0.233. The van der Waals surface area contributed by atoms with Gasteiger partial charge in [0.15, 0.2) is 18.1 Å². The van der Waals surface area contributed by atoms with E-state index in [9.17, 15) is 19.7 Å². The average molecular weight is 591 g/mol. The predicted octanol–water partition coefficient (Wildman–Crippen LogP) is 4.89. The molecule has 1 amide bonds. The summed E-state index contributed by atoms with van der Waals surface area (Å²) in [5.41, 5.74) is 5.39. The number of hydrazone groups is 1. The van der Waals surface area contributed by atoms with E-state index in [4.69, 9.17) is 18.6 Å². The van der Waals surface area contributed by atoms with Crippen LogP contribution in [-0.4, -0.2) is 47.9 Å². The maximum atomic E-state index is 12.5. The number of nitro benzene ring substituents is 1. The van der Waals surface area contributed by atoms with Gasteiger partial charge >= 0.3 is 17.6 Å². The minimum atomic E-state index is -0.717. The molecule has 0 aliphatic heterocycles. The van der Waals surface area contributed by atoms with Gasteiger partial charge < -0.3 is 27.9 Å². The number of furan rings is 1. The highest BCUT2D eigenvalue weighted by atomic mass is 16.6.